The molecule has 11 fully saturated rings. The van der Waals surface area contributed by atoms with Crippen molar-refractivity contribution in [2.75, 3.05) is 33.0 Å². The number of fused-ring (bicyclic) bond motifs is 4. The third-order valence-corrected chi connectivity index (χ3v) is 23.9. The van der Waals surface area contributed by atoms with Crippen LogP contribution >= 0.6 is 0 Å². The first-order chi connectivity index (χ1) is 39.4. The van der Waals surface area contributed by atoms with Crippen molar-refractivity contribution < 1.29 is 129 Å². The quantitative estimate of drug-likeness (QED) is 0.0854. The van der Waals surface area contributed by atoms with Crippen molar-refractivity contribution >= 4 is 0 Å². The lowest BCUT2D eigenvalue weighted by Gasteiger charge is -2.75. The third-order valence-electron chi connectivity index (χ3n) is 23.9. The fourth-order valence-electron chi connectivity index (χ4n) is 19.0. The fourth-order valence-corrected chi connectivity index (χ4v) is 19.0. The van der Waals surface area contributed by atoms with Crippen LogP contribution in [-0.4, -0.2) is 275 Å². The molecule has 0 aromatic rings. The molecule has 0 aromatic heterocycles. The molecule has 6 aliphatic heterocycles. The van der Waals surface area contributed by atoms with E-state index in [1.807, 2.05) is 0 Å². The largest absolute Gasteiger partial charge is 0.394 e. The maximum atomic E-state index is 12.7. The van der Waals surface area contributed by atoms with Gasteiger partial charge in [0, 0.05) is 11.3 Å². The highest BCUT2D eigenvalue weighted by Gasteiger charge is 2.81. The fraction of sp³-hybridized carbons (Fsp3) is 1.00. The predicted octanol–water partition coefficient (Wildman–Crippen LogP) is -3.25. The monoisotopic (exact) mass is 1210 g/mol. The predicted molar refractivity (Wildman–Crippen MR) is 283 cm³/mol. The normalized spacial score (nSPS) is 58.0. The summed E-state index contributed by atoms with van der Waals surface area (Å²) in [7, 11) is 0. The summed E-state index contributed by atoms with van der Waals surface area (Å²) < 4.78 is 68.9. The second-order valence-corrected chi connectivity index (χ2v) is 29.1. The SMILES string of the molecule is C[C@@H]1O[C@@H](O[C@H]2[C@H](O)[C@@H](CO)O[C@@H](O[C@H]3CO[C@@H](O[C@H]4CC[C@@]5(C)C(CC[C@]6(C)C5CC[C@@]57OC[C@@]8([C@H](O)C[C@]56C)[C@H]7CC(C)(C)C[C@@H]8O)C4(C)C)[C@H](O[C@@H]4O[C@H](CO)[C@@H](O)[C@H](O)[C@H]4O)[C@H]3O)[C@@H]2O[C@@H]2OC[C@@H](O)[C@H](O)[C@H]2O)[C@H](O)[C@H](O)[C@H]1O. The summed E-state index contributed by atoms with van der Waals surface area (Å²) >= 11 is 0. The molecule has 84 heavy (non-hydrogen) atoms. The maximum absolute atomic E-state index is 12.7. The second-order valence-electron chi connectivity index (χ2n) is 29.1. The molecule has 1 spiro atoms. The van der Waals surface area contributed by atoms with E-state index in [1.165, 1.54) is 6.92 Å². The number of hydrogen-bond acceptors (Lipinski definition) is 26. The van der Waals surface area contributed by atoms with Gasteiger partial charge < -0.3 is 129 Å². The molecule has 15 N–H and O–H groups in total. The number of aliphatic hydroxyl groups excluding tert-OH is 15. The molecule has 2 unspecified atom stereocenters. The van der Waals surface area contributed by atoms with Crippen LogP contribution in [0.3, 0.4) is 0 Å². The molecule has 6 heterocycles. The van der Waals surface area contributed by atoms with Crippen LogP contribution in [0.2, 0.25) is 0 Å². The van der Waals surface area contributed by atoms with E-state index in [0.717, 1.165) is 38.5 Å². The summed E-state index contributed by atoms with van der Waals surface area (Å²) in [5.74, 6) is 0.303. The Labute approximate surface area is 489 Å². The molecule has 5 saturated carbocycles. The summed E-state index contributed by atoms with van der Waals surface area (Å²) in [6.45, 7) is 14.9. The number of rotatable bonds is 12. The van der Waals surface area contributed by atoms with Crippen molar-refractivity contribution in [2.24, 2.45) is 50.2 Å². The van der Waals surface area contributed by atoms with Gasteiger partial charge in [-0.2, -0.15) is 0 Å². The molecule has 11 rings (SSSR count). The average Bonchev–Trinajstić information content (AvgIpc) is 1.29. The van der Waals surface area contributed by atoms with Gasteiger partial charge in [-0.25, -0.2) is 0 Å². The van der Waals surface area contributed by atoms with E-state index in [-0.39, 0.29) is 34.0 Å². The highest BCUT2D eigenvalue weighted by Crippen LogP contribution is 2.80. The summed E-state index contributed by atoms with van der Waals surface area (Å²) in [6.07, 6.45) is -34.9. The van der Waals surface area contributed by atoms with Gasteiger partial charge in [0.1, 0.15) is 104 Å². The molecule has 26 heteroatoms. The van der Waals surface area contributed by atoms with Crippen molar-refractivity contribution in [3.63, 3.8) is 0 Å². The highest BCUT2D eigenvalue weighted by molar-refractivity contribution is 5.29. The molecule has 5 aliphatic carbocycles. The van der Waals surface area contributed by atoms with Gasteiger partial charge in [-0.3, -0.25) is 0 Å². The van der Waals surface area contributed by atoms with E-state index < -0.39 is 208 Å². The molecule has 0 aromatic carbocycles. The molecule has 0 amide bonds. The first-order valence-corrected chi connectivity index (χ1v) is 30.5. The molecular formula is C58H96O26. The Morgan fingerprint density at radius 1 is 0.464 bits per heavy atom. The van der Waals surface area contributed by atoms with Crippen molar-refractivity contribution in [2.45, 2.75) is 278 Å². The summed E-state index contributed by atoms with van der Waals surface area (Å²) in [5.41, 5.74) is -2.80. The lowest BCUT2D eigenvalue weighted by atomic mass is 9.30. The highest BCUT2D eigenvalue weighted by atomic mass is 16.8. The molecule has 11 aliphatic rings. The summed E-state index contributed by atoms with van der Waals surface area (Å²) in [5, 5.41) is 166. The Morgan fingerprint density at radius 2 is 1.05 bits per heavy atom. The van der Waals surface area contributed by atoms with Crippen LogP contribution in [-0.2, 0) is 52.1 Å². The van der Waals surface area contributed by atoms with Gasteiger partial charge in [0.05, 0.1) is 68.5 Å². The van der Waals surface area contributed by atoms with Gasteiger partial charge in [0.15, 0.2) is 31.5 Å². The van der Waals surface area contributed by atoms with Gasteiger partial charge in [-0.1, -0.05) is 48.5 Å². The van der Waals surface area contributed by atoms with Crippen LogP contribution in [0.15, 0.2) is 0 Å². The number of aliphatic hydroxyl groups is 15. The van der Waals surface area contributed by atoms with Crippen molar-refractivity contribution in [1.82, 2.24) is 0 Å². The van der Waals surface area contributed by atoms with E-state index in [0.29, 0.717) is 25.9 Å². The van der Waals surface area contributed by atoms with Crippen molar-refractivity contribution in [1.29, 1.82) is 0 Å². The molecular weight excluding hydrogens is 1110 g/mol. The Kier molecular flexibility index (Phi) is 17.6. The van der Waals surface area contributed by atoms with Crippen LogP contribution in [0.1, 0.15) is 113 Å². The van der Waals surface area contributed by atoms with Crippen molar-refractivity contribution in [3.8, 4) is 0 Å². The number of ether oxygens (including phenoxy) is 11. The molecule has 0 radical (unpaired) electrons. The first-order valence-electron chi connectivity index (χ1n) is 30.5. The smallest absolute Gasteiger partial charge is 0.187 e. The Hall–Kier alpha value is -1.04. The van der Waals surface area contributed by atoms with Crippen LogP contribution < -0.4 is 0 Å². The number of hydrogen-bond donors (Lipinski definition) is 15. The van der Waals surface area contributed by atoms with Crippen LogP contribution in [0.5, 0.6) is 0 Å². The lowest BCUT2D eigenvalue weighted by molar-refractivity contribution is -0.404. The van der Waals surface area contributed by atoms with Gasteiger partial charge in [0.2, 0.25) is 0 Å². The van der Waals surface area contributed by atoms with Gasteiger partial charge in [-0.15, -0.1) is 0 Å². The Balaban J connectivity index is 0.867. The Bertz CT molecular complexity index is 2300. The topological polar surface area (TPSA) is 405 Å². The minimum Gasteiger partial charge on any atom is -0.394 e. The maximum Gasteiger partial charge on any atom is 0.187 e. The molecule has 34 atom stereocenters. The minimum absolute atomic E-state index is 0.000373. The minimum atomic E-state index is -1.94. The van der Waals surface area contributed by atoms with E-state index in [2.05, 4.69) is 48.5 Å². The van der Waals surface area contributed by atoms with E-state index in [1.54, 1.807) is 0 Å². The lowest BCUT2D eigenvalue weighted by Crippen LogP contribution is -2.75. The zero-order chi connectivity index (χ0) is 60.9. The average molecular weight is 1210 g/mol. The second kappa shape index (κ2) is 23.0. The standard InChI is InChI=1S/C58H96O26/c1-23-34(64)39(69)42(72)48(77-23)82-44-37(67)26(19-60)79-51(46(44)84-47-41(71)35(65)24(61)20-74-47)80-27-21-75-50(45(38(27)68)83-49-43(73)40(70)36(66)25(18-59)78-49)81-33-11-12-54(6)28(53(33,4)5)9-13-55(7)29(54)10-14-58-30-15-52(2,3)16-31(62)57(30,22-76-58)32(63)17-56(55,58)8/h23-51,59-73H,9-22H2,1-8H3/t23-,24+,25+,26+,27-,28?,29?,30+,31-,32+,33-,34-,35-,36+,37+,38-,39+,40-,41+,42+,43+,44-,45+,46+,47-,48-,49-,50-,51-,54-,55+,56-,57+,58-/m0/s1. The van der Waals surface area contributed by atoms with Crippen LogP contribution in [0.4, 0.5) is 0 Å². The molecule has 484 valence electrons. The van der Waals surface area contributed by atoms with E-state index >= 15 is 0 Å². The van der Waals surface area contributed by atoms with Crippen LogP contribution in [0, 0.1) is 50.2 Å². The molecule has 6 saturated heterocycles. The zero-order valence-electron chi connectivity index (χ0n) is 49.3. The Morgan fingerprint density at radius 3 is 1.74 bits per heavy atom. The molecule has 26 nitrogen and oxygen atoms in total. The van der Waals surface area contributed by atoms with Gasteiger partial charge in [0.25, 0.3) is 0 Å². The van der Waals surface area contributed by atoms with E-state index in [4.69, 9.17) is 52.1 Å². The first kappa shape index (κ1) is 64.5. The zero-order valence-corrected chi connectivity index (χ0v) is 49.3. The summed E-state index contributed by atoms with van der Waals surface area (Å²) in [6, 6.07) is 0. The van der Waals surface area contributed by atoms with Gasteiger partial charge in [-0.05, 0) is 98.2 Å². The summed E-state index contributed by atoms with van der Waals surface area (Å²) in [4.78, 5) is 0. The van der Waals surface area contributed by atoms with Crippen LogP contribution in [0.25, 0.3) is 0 Å². The molecule has 2 bridgehead atoms. The van der Waals surface area contributed by atoms with Gasteiger partial charge >= 0.3 is 0 Å². The van der Waals surface area contributed by atoms with Crippen molar-refractivity contribution in [3.05, 3.63) is 0 Å². The third kappa shape index (κ3) is 9.87. The van der Waals surface area contributed by atoms with E-state index in [9.17, 15) is 76.6 Å².